The Hall–Kier alpha value is -1.91. The van der Waals surface area contributed by atoms with Crippen molar-refractivity contribution in [1.29, 1.82) is 0 Å². The van der Waals surface area contributed by atoms with Gasteiger partial charge in [-0.3, -0.25) is 11.3 Å². The van der Waals surface area contributed by atoms with E-state index in [9.17, 15) is 4.39 Å². The van der Waals surface area contributed by atoms with Crippen molar-refractivity contribution in [1.82, 2.24) is 5.43 Å². The van der Waals surface area contributed by atoms with Crippen LogP contribution in [0.5, 0.6) is 5.75 Å². The van der Waals surface area contributed by atoms with Gasteiger partial charge >= 0.3 is 0 Å². The van der Waals surface area contributed by atoms with Gasteiger partial charge in [-0.15, -0.1) is 0 Å². The molecule has 3 nitrogen and oxygen atoms in total. The van der Waals surface area contributed by atoms with E-state index < -0.39 is 0 Å². The number of halogens is 1. The van der Waals surface area contributed by atoms with E-state index in [2.05, 4.69) is 5.43 Å². The highest BCUT2D eigenvalue weighted by Gasteiger charge is 2.34. The summed E-state index contributed by atoms with van der Waals surface area (Å²) in [4.78, 5) is 0. The molecule has 0 saturated carbocycles. The topological polar surface area (TPSA) is 47.3 Å². The lowest BCUT2D eigenvalue weighted by Crippen LogP contribution is -2.41. The second-order valence-corrected chi connectivity index (χ2v) is 5.55. The number of nitrogens with two attached hydrogens (primary N) is 1. The molecule has 1 unspecified atom stereocenters. The number of ether oxygens (including phenoxy) is 1. The van der Waals surface area contributed by atoms with Crippen molar-refractivity contribution < 1.29 is 9.13 Å². The molecule has 0 aromatic heterocycles. The summed E-state index contributed by atoms with van der Waals surface area (Å²) < 4.78 is 19.6. The van der Waals surface area contributed by atoms with Gasteiger partial charge < -0.3 is 4.74 Å². The molecule has 1 atom stereocenters. The van der Waals surface area contributed by atoms with Gasteiger partial charge in [0.15, 0.2) is 11.6 Å². The fourth-order valence-electron chi connectivity index (χ4n) is 2.63. The number of hydrogen-bond acceptors (Lipinski definition) is 3. The molecule has 2 aromatic carbocycles. The predicted octanol–water partition coefficient (Wildman–Crippen LogP) is 3.32. The number of rotatable bonds is 5. The molecule has 112 valence electrons. The van der Waals surface area contributed by atoms with E-state index in [1.807, 2.05) is 44.2 Å². The SMILES string of the molecule is COc1cccc(C(NN)C(C)(C)c2ccccc2)c1F. The summed E-state index contributed by atoms with van der Waals surface area (Å²) in [5, 5.41) is 0. The second-order valence-electron chi connectivity index (χ2n) is 5.55. The van der Waals surface area contributed by atoms with Gasteiger partial charge in [0.05, 0.1) is 13.2 Å². The van der Waals surface area contributed by atoms with Crippen molar-refractivity contribution in [3.63, 3.8) is 0 Å². The van der Waals surface area contributed by atoms with Crippen LogP contribution in [0.15, 0.2) is 48.5 Å². The normalized spacial score (nSPS) is 13.0. The first-order valence-corrected chi connectivity index (χ1v) is 6.86. The molecular formula is C17H21FN2O. The molecule has 0 spiro atoms. The summed E-state index contributed by atoms with van der Waals surface area (Å²) in [5.74, 6) is 5.57. The molecule has 4 heteroatoms. The molecule has 0 aliphatic carbocycles. The lowest BCUT2D eigenvalue weighted by molar-refractivity contribution is 0.332. The van der Waals surface area contributed by atoms with Gasteiger partial charge in [-0.25, -0.2) is 4.39 Å². The Labute approximate surface area is 124 Å². The van der Waals surface area contributed by atoms with E-state index in [0.717, 1.165) is 5.56 Å². The third kappa shape index (κ3) is 2.91. The van der Waals surface area contributed by atoms with Crippen LogP contribution >= 0.6 is 0 Å². The van der Waals surface area contributed by atoms with Gasteiger partial charge in [-0.2, -0.15) is 0 Å². The van der Waals surface area contributed by atoms with Gasteiger partial charge in [0.2, 0.25) is 0 Å². The van der Waals surface area contributed by atoms with Crippen molar-refractivity contribution in [2.45, 2.75) is 25.3 Å². The molecule has 0 heterocycles. The quantitative estimate of drug-likeness (QED) is 0.655. The minimum absolute atomic E-state index is 0.219. The van der Waals surface area contributed by atoms with Crippen LogP contribution in [0.2, 0.25) is 0 Å². The van der Waals surface area contributed by atoms with Crippen LogP contribution in [0, 0.1) is 5.82 Å². The first-order valence-electron chi connectivity index (χ1n) is 6.86. The van der Waals surface area contributed by atoms with E-state index >= 15 is 0 Å². The summed E-state index contributed by atoms with van der Waals surface area (Å²) in [6, 6.07) is 14.6. The maximum atomic E-state index is 14.5. The molecule has 3 N–H and O–H groups in total. The van der Waals surface area contributed by atoms with Crippen LogP contribution < -0.4 is 16.0 Å². The molecule has 0 radical (unpaired) electrons. The van der Waals surface area contributed by atoms with E-state index in [4.69, 9.17) is 10.6 Å². The lowest BCUT2D eigenvalue weighted by atomic mass is 9.75. The highest BCUT2D eigenvalue weighted by atomic mass is 19.1. The number of hydrazine groups is 1. The van der Waals surface area contributed by atoms with Gasteiger partial charge in [0.1, 0.15) is 0 Å². The van der Waals surface area contributed by atoms with E-state index in [1.54, 1.807) is 18.2 Å². The maximum absolute atomic E-state index is 14.5. The molecule has 0 aliphatic rings. The Balaban J connectivity index is 2.49. The Morgan fingerprint density at radius 2 is 1.76 bits per heavy atom. The molecule has 0 saturated heterocycles. The standard InChI is InChI=1S/C17H21FN2O/c1-17(2,12-8-5-4-6-9-12)16(20-19)13-10-7-11-14(21-3)15(13)18/h4-11,16,20H,19H2,1-3H3. The smallest absolute Gasteiger partial charge is 0.169 e. The Morgan fingerprint density at radius 3 is 2.33 bits per heavy atom. The fourth-order valence-corrected chi connectivity index (χ4v) is 2.63. The average Bonchev–Trinajstić information content (AvgIpc) is 2.50. The molecule has 2 rings (SSSR count). The van der Waals surface area contributed by atoms with Crippen LogP contribution in [0.1, 0.15) is 31.0 Å². The molecular weight excluding hydrogens is 267 g/mol. The van der Waals surface area contributed by atoms with Crippen LogP contribution in [0.4, 0.5) is 4.39 Å². The first-order chi connectivity index (χ1) is 10.0. The van der Waals surface area contributed by atoms with Crippen molar-refractivity contribution in [2.24, 2.45) is 5.84 Å². The highest BCUT2D eigenvalue weighted by Crippen LogP contribution is 2.38. The third-order valence-corrected chi connectivity index (χ3v) is 3.93. The largest absolute Gasteiger partial charge is 0.494 e. The van der Waals surface area contributed by atoms with Crippen molar-refractivity contribution >= 4 is 0 Å². The summed E-state index contributed by atoms with van der Waals surface area (Å²) in [6.07, 6.45) is 0. The van der Waals surface area contributed by atoms with Gasteiger partial charge in [0.25, 0.3) is 0 Å². The lowest BCUT2D eigenvalue weighted by Gasteiger charge is -2.35. The summed E-state index contributed by atoms with van der Waals surface area (Å²) >= 11 is 0. The highest BCUT2D eigenvalue weighted by molar-refractivity contribution is 5.37. The zero-order valence-corrected chi connectivity index (χ0v) is 12.6. The van der Waals surface area contributed by atoms with Crippen LogP contribution in [0.3, 0.4) is 0 Å². The molecule has 21 heavy (non-hydrogen) atoms. The summed E-state index contributed by atoms with van der Waals surface area (Å²) in [7, 11) is 1.45. The van der Waals surface area contributed by atoms with Crippen molar-refractivity contribution in [2.75, 3.05) is 7.11 Å². The van der Waals surface area contributed by atoms with E-state index in [0.29, 0.717) is 5.56 Å². The van der Waals surface area contributed by atoms with Crippen LogP contribution in [-0.4, -0.2) is 7.11 Å². The molecule has 0 amide bonds. The average molecular weight is 288 g/mol. The summed E-state index contributed by atoms with van der Waals surface area (Å²) in [6.45, 7) is 4.07. The number of hydrogen-bond donors (Lipinski definition) is 2. The van der Waals surface area contributed by atoms with Gasteiger partial charge in [0, 0.05) is 11.0 Å². The minimum Gasteiger partial charge on any atom is -0.494 e. The third-order valence-electron chi connectivity index (χ3n) is 3.93. The number of benzene rings is 2. The Kier molecular flexibility index (Phi) is 4.60. The Morgan fingerprint density at radius 1 is 1.10 bits per heavy atom. The van der Waals surface area contributed by atoms with Crippen LogP contribution in [-0.2, 0) is 5.41 Å². The van der Waals surface area contributed by atoms with E-state index in [-0.39, 0.29) is 23.0 Å². The minimum atomic E-state index is -0.386. The zero-order chi connectivity index (χ0) is 15.5. The predicted molar refractivity (Wildman–Crippen MR) is 82.5 cm³/mol. The number of methoxy groups -OCH3 is 1. The first kappa shape index (κ1) is 15.5. The zero-order valence-electron chi connectivity index (χ0n) is 12.6. The monoisotopic (exact) mass is 288 g/mol. The molecule has 0 aliphatic heterocycles. The second kappa shape index (κ2) is 6.24. The van der Waals surface area contributed by atoms with Crippen molar-refractivity contribution in [3.8, 4) is 5.75 Å². The maximum Gasteiger partial charge on any atom is 0.169 e. The molecule has 0 bridgehead atoms. The summed E-state index contributed by atoms with van der Waals surface area (Å²) in [5.41, 5.74) is 3.94. The van der Waals surface area contributed by atoms with Gasteiger partial charge in [-0.05, 0) is 11.6 Å². The molecule has 2 aromatic rings. The van der Waals surface area contributed by atoms with Crippen molar-refractivity contribution in [3.05, 3.63) is 65.5 Å². The fraction of sp³-hybridized carbons (Fsp3) is 0.294. The van der Waals surface area contributed by atoms with E-state index in [1.165, 1.54) is 7.11 Å². The van der Waals surface area contributed by atoms with Gasteiger partial charge in [-0.1, -0.05) is 56.3 Å². The Bertz CT molecular complexity index is 599. The van der Waals surface area contributed by atoms with Crippen LogP contribution in [0.25, 0.3) is 0 Å². The number of nitrogens with one attached hydrogen (secondary N) is 1. The molecule has 0 fully saturated rings.